The van der Waals surface area contributed by atoms with Gasteiger partial charge in [-0.05, 0) is 27.2 Å². The minimum Gasteiger partial charge on any atom is -0.377 e. The molecule has 0 amide bonds. The first kappa shape index (κ1) is 14.1. The zero-order valence-corrected chi connectivity index (χ0v) is 11.5. The van der Waals surface area contributed by atoms with Gasteiger partial charge in [-0.1, -0.05) is 13.8 Å². The van der Waals surface area contributed by atoms with Crippen LogP contribution in [0.5, 0.6) is 0 Å². The fourth-order valence-corrected chi connectivity index (χ4v) is 4.04. The summed E-state index contributed by atoms with van der Waals surface area (Å²) < 4.78 is 17.0. The summed E-state index contributed by atoms with van der Waals surface area (Å²) in [5, 5.41) is 0. The first-order valence-corrected chi connectivity index (χ1v) is 6.92. The molecule has 0 aromatic carbocycles. The predicted octanol–water partition coefficient (Wildman–Crippen LogP) is 2.83. The Morgan fingerprint density at radius 1 is 1.14 bits per heavy atom. The smallest absolute Gasteiger partial charge is 0.377 e. The molecule has 0 fully saturated rings. The van der Waals surface area contributed by atoms with E-state index in [1.807, 2.05) is 20.8 Å². The first-order valence-electron chi connectivity index (χ1n) is 5.11. The van der Waals surface area contributed by atoms with Gasteiger partial charge in [0.1, 0.15) is 0 Å². The van der Waals surface area contributed by atoms with E-state index < -0.39 is 8.80 Å². The fourth-order valence-electron chi connectivity index (χ4n) is 1.35. The lowest BCUT2D eigenvalue weighted by molar-refractivity contribution is 0.00985. The van der Waals surface area contributed by atoms with Crippen molar-refractivity contribution in [1.82, 2.24) is 0 Å². The molecule has 0 N–H and O–H groups in total. The third kappa shape index (κ3) is 3.69. The van der Waals surface area contributed by atoms with Gasteiger partial charge >= 0.3 is 8.80 Å². The quantitative estimate of drug-likeness (QED) is 0.667. The van der Waals surface area contributed by atoms with Gasteiger partial charge in [0.05, 0.1) is 5.60 Å². The van der Waals surface area contributed by atoms with E-state index in [9.17, 15) is 0 Å². The summed E-state index contributed by atoms with van der Waals surface area (Å²) in [7, 11) is 0.866. The molecule has 0 bridgehead atoms. The van der Waals surface area contributed by atoms with Crippen molar-refractivity contribution in [1.29, 1.82) is 0 Å². The van der Waals surface area contributed by atoms with Gasteiger partial charge in [0, 0.05) is 19.8 Å². The molecule has 0 saturated carbocycles. The lowest BCUT2D eigenvalue weighted by Crippen LogP contribution is -2.52. The van der Waals surface area contributed by atoms with Gasteiger partial charge in [-0.3, -0.25) is 0 Å². The van der Waals surface area contributed by atoms with Crippen LogP contribution in [0.3, 0.4) is 0 Å². The molecule has 0 aliphatic rings. The Labute approximate surface area is 89.1 Å². The minimum atomic E-state index is -2.48. The molecule has 0 aromatic rings. The highest BCUT2D eigenvalue weighted by atomic mass is 28.4. The Bertz CT molecular complexity index is 161. The third-order valence-corrected chi connectivity index (χ3v) is 5.88. The highest BCUT2D eigenvalue weighted by molar-refractivity contribution is 6.62. The highest BCUT2D eigenvalue weighted by Gasteiger charge is 2.47. The molecule has 4 heteroatoms. The van der Waals surface area contributed by atoms with E-state index >= 15 is 0 Å². The van der Waals surface area contributed by atoms with Crippen LogP contribution in [-0.4, -0.2) is 28.6 Å². The molecule has 0 spiro atoms. The van der Waals surface area contributed by atoms with Gasteiger partial charge in [0.2, 0.25) is 0 Å². The van der Waals surface area contributed by atoms with Crippen molar-refractivity contribution in [3.8, 4) is 0 Å². The molecule has 3 nitrogen and oxygen atoms in total. The molecule has 86 valence electrons. The molecule has 0 aliphatic carbocycles. The first-order chi connectivity index (χ1) is 6.31. The summed E-state index contributed by atoms with van der Waals surface area (Å²) in [4.78, 5) is 0. The summed E-state index contributed by atoms with van der Waals surface area (Å²) in [6.07, 6.45) is 1.00. The van der Waals surface area contributed by atoms with Crippen LogP contribution in [0.4, 0.5) is 0 Å². The SMILES string of the molecule is CCC(C)[Si](OC)(OC)OC(C)(C)C. The summed E-state index contributed by atoms with van der Waals surface area (Å²) >= 11 is 0. The summed E-state index contributed by atoms with van der Waals surface area (Å²) in [5.41, 5.74) is 0.110. The highest BCUT2D eigenvalue weighted by Crippen LogP contribution is 2.30. The van der Waals surface area contributed by atoms with E-state index in [0.29, 0.717) is 5.54 Å². The lowest BCUT2D eigenvalue weighted by atomic mass is 10.2. The maximum Gasteiger partial charge on any atom is 0.503 e. The molecule has 0 radical (unpaired) electrons. The van der Waals surface area contributed by atoms with Gasteiger partial charge in [-0.25, -0.2) is 0 Å². The maximum absolute atomic E-state index is 5.97. The average molecular weight is 220 g/mol. The van der Waals surface area contributed by atoms with Crippen molar-refractivity contribution in [3.63, 3.8) is 0 Å². The van der Waals surface area contributed by atoms with Crippen molar-refractivity contribution in [2.45, 2.75) is 52.2 Å². The van der Waals surface area contributed by atoms with Crippen molar-refractivity contribution in [2.75, 3.05) is 14.2 Å². The lowest BCUT2D eigenvalue weighted by Gasteiger charge is -2.36. The van der Waals surface area contributed by atoms with Crippen molar-refractivity contribution < 1.29 is 13.3 Å². The standard InChI is InChI=1S/C10H24O3Si/c1-8-9(2)14(11-6,12-7)13-10(3,4)5/h9H,8H2,1-7H3. The van der Waals surface area contributed by atoms with E-state index in [1.54, 1.807) is 14.2 Å². The van der Waals surface area contributed by atoms with E-state index in [2.05, 4.69) is 13.8 Å². The number of rotatable bonds is 5. The summed E-state index contributed by atoms with van der Waals surface area (Å²) in [6.45, 7) is 10.3. The number of hydrogen-bond acceptors (Lipinski definition) is 3. The van der Waals surface area contributed by atoms with Crippen LogP contribution < -0.4 is 0 Å². The molecule has 0 aromatic heterocycles. The van der Waals surface area contributed by atoms with Gasteiger partial charge in [-0.2, -0.15) is 0 Å². The van der Waals surface area contributed by atoms with Crippen LogP contribution >= 0.6 is 0 Å². The molecule has 1 unspecified atom stereocenters. The second-order valence-corrected chi connectivity index (χ2v) is 7.75. The summed E-state index contributed by atoms with van der Waals surface area (Å²) in [5.74, 6) is 0. The zero-order valence-electron chi connectivity index (χ0n) is 10.5. The Morgan fingerprint density at radius 2 is 1.57 bits per heavy atom. The van der Waals surface area contributed by atoms with Gasteiger partial charge in [-0.15, -0.1) is 0 Å². The molecule has 0 heterocycles. The molecular weight excluding hydrogens is 196 g/mol. The Kier molecular flexibility index (Phi) is 5.29. The number of hydrogen-bond donors (Lipinski definition) is 0. The monoisotopic (exact) mass is 220 g/mol. The van der Waals surface area contributed by atoms with Crippen LogP contribution in [0, 0.1) is 0 Å². The van der Waals surface area contributed by atoms with Crippen molar-refractivity contribution in [3.05, 3.63) is 0 Å². The van der Waals surface area contributed by atoms with Gasteiger partial charge in [0.25, 0.3) is 0 Å². The Hall–Kier alpha value is 0.0969. The van der Waals surface area contributed by atoms with Crippen LogP contribution in [0.15, 0.2) is 0 Å². The topological polar surface area (TPSA) is 27.7 Å². The van der Waals surface area contributed by atoms with E-state index in [4.69, 9.17) is 13.3 Å². The van der Waals surface area contributed by atoms with E-state index in [1.165, 1.54) is 0 Å². The van der Waals surface area contributed by atoms with Crippen molar-refractivity contribution in [2.24, 2.45) is 0 Å². The molecule has 14 heavy (non-hydrogen) atoms. The summed E-state index contributed by atoms with van der Waals surface area (Å²) in [6, 6.07) is 0. The van der Waals surface area contributed by atoms with Crippen LogP contribution in [0.1, 0.15) is 41.0 Å². The average Bonchev–Trinajstić information content (AvgIpc) is 2.11. The molecule has 0 rings (SSSR count). The largest absolute Gasteiger partial charge is 0.503 e. The van der Waals surface area contributed by atoms with Crippen molar-refractivity contribution >= 4 is 8.80 Å². The second kappa shape index (κ2) is 5.26. The normalized spacial score (nSPS) is 15.6. The Balaban J connectivity index is 4.70. The minimum absolute atomic E-state index is 0.221. The van der Waals surface area contributed by atoms with Crippen LogP contribution in [0.2, 0.25) is 5.54 Å². The Morgan fingerprint density at radius 3 is 1.79 bits per heavy atom. The van der Waals surface area contributed by atoms with Crippen LogP contribution in [0.25, 0.3) is 0 Å². The third-order valence-electron chi connectivity index (χ3n) is 2.23. The molecule has 0 saturated heterocycles. The molecule has 0 aliphatic heterocycles. The van der Waals surface area contributed by atoms with E-state index in [0.717, 1.165) is 6.42 Å². The maximum atomic E-state index is 5.97. The second-order valence-electron chi connectivity index (χ2n) is 4.54. The van der Waals surface area contributed by atoms with Gasteiger partial charge in [0.15, 0.2) is 0 Å². The van der Waals surface area contributed by atoms with E-state index in [-0.39, 0.29) is 5.60 Å². The predicted molar refractivity (Wildman–Crippen MR) is 60.3 cm³/mol. The molecule has 1 atom stereocenters. The van der Waals surface area contributed by atoms with Gasteiger partial charge < -0.3 is 13.3 Å². The zero-order chi connectivity index (χ0) is 11.4. The molecular formula is C10H24O3Si. The van der Waals surface area contributed by atoms with Crippen LogP contribution in [-0.2, 0) is 13.3 Å². The fraction of sp³-hybridized carbons (Fsp3) is 1.00.